The van der Waals surface area contributed by atoms with E-state index in [0.717, 1.165) is 22.8 Å². The third-order valence-electron chi connectivity index (χ3n) is 3.94. The van der Waals surface area contributed by atoms with Gasteiger partial charge in [-0.3, -0.25) is 4.79 Å². The normalized spacial score (nSPS) is 10.4. The first-order chi connectivity index (χ1) is 12.0. The zero-order valence-corrected chi connectivity index (χ0v) is 16.1. The monoisotopic (exact) mass is 359 g/mol. The molecule has 5 heteroatoms. The summed E-state index contributed by atoms with van der Waals surface area (Å²) in [6.07, 6.45) is 0. The fourth-order valence-corrected chi connectivity index (χ4v) is 3.30. The molecule has 0 unspecified atom stereocenters. The van der Waals surface area contributed by atoms with Crippen LogP contribution in [0.25, 0.3) is 0 Å². The summed E-state index contributed by atoms with van der Waals surface area (Å²) >= 11 is 1.63. The predicted octanol–water partition coefficient (Wildman–Crippen LogP) is 3.90. The molecule has 2 aromatic rings. The largest absolute Gasteiger partial charge is 0.497 e. The smallest absolute Gasteiger partial charge is 0.232 e. The Bertz CT molecular complexity index is 701. The van der Waals surface area contributed by atoms with Crippen LogP contribution < -0.4 is 9.47 Å². The number of aryl methyl sites for hydroxylation is 1. The molecule has 0 aliphatic carbocycles. The van der Waals surface area contributed by atoms with Crippen LogP contribution in [0.3, 0.4) is 0 Å². The standard InChI is InChI=1S/C20H25NO3S/c1-15-5-7-16(8-6-15)13-25-14-20(22)21(2)12-17-9-10-18(23-3)11-19(17)24-4/h5-11H,12-14H2,1-4H3. The van der Waals surface area contributed by atoms with E-state index in [4.69, 9.17) is 9.47 Å². The lowest BCUT2D eigenvalue weighted by Gasteiger charge is -2.19. The average molecular weight is 359 g/mol. The van der Waals surface area contributed by atoms with E-state index in [9.17, 15) is 4.79 Å². The van der Waals surface area contributed by atoms with E-state index in [2.05, 4.69) is 31.2 Å². The van der Waals surface area contributed by atoms with E-state index < -0.39 is 0 Å². The fraction of sp³-hybridized carbons (Fsp3) is 0.350. The van der Waals surface area contributed by atoms with Crippen LogP contribution in [0.1, 0.15) is 16.7 Å². The van der Waals surface area contributed by atoms with Gasteiger partial charge in [0.2, 0.25) is 5.91 Å². The second-order valence-corrected chi connectivity index (χ2v) is 6.89. The van der Waals surface area contributed by atoms with Crippen molar-refractivity contribution in [1.82, 2.24) is 4.90 Å². The van der Waals surface area contributed by atoms with Crippen molar-refractivity contribution < 1.29 is 14.3 Å². The summed E-state index contributed by atoms with van der Waals surface area (Å²) in [6, 6.07) is 14.1. The van der Waals surface area contributed by atoms with Gasteiger partial charge in [0, 0.05) is 31.0 Å². The van der Waals surface area contributed by atoms with Gasteiger partial charge in [0.25, 0.3) is 0 Å². The molecule has 1 amide bonds. The molecule has 0 N–H and O–H groups in total. The summed E-state index contributed by atoms with van der Waals surface area (Å²) in [5.74, 6) is 2.87. The SMILES string of the molecule is COc1ccc(CN(C)C(=O)CSCc2ccc(C)cc2)c(OC)c1. The van der Waals surface area contributed by atoms with Gasteiger partial charge in [0.05, 0.1) is 20.0 Å². The first kappa shape index (κ1) is 19.2. The molecule has 0 aliphatic heterocycles. The summed E-state index contributed by atoms with van der Waals surface area (Å²) in [7, 11) is 5.06. The molecule has 4 nitrogen and oxygen atoms in total. The summed E-state index contributed by atoms with van der Waals surface area (Å²) in [5, 5.41) is 0. The molecular formula is C20H25NO3S. The molecule has 0 aromatic heterocycles. The van der Waals surface area contributed by atoms with Gasteiger partial charge in [-0.25, -0.2) is 0 Å². The topological polar surface area (TPSA) is 38.8 Å². The predicted molar refractivity (Wildman–Crippen MR) is 103 cm³/mol. The Morgan fingerprint density at radius 3 is 2.44 bits per heavy atom. The van der Waals surface area contributed by atoms with E-state index in [0.29, 0.717) is 12.3 Å². The molecule has 0 saturated heterocycles. The van der Waals surface area contributed by atoms with Crippen LogP contribution in [0, 0.1) is 6.92 Å². The third-order valence-corrected chi connectivity index (χ3v) is 4.93. The first-order valence-electron chi connectivity index (χ1n) is 8.11. The van der Waals surface area contributed by atoms with E-state index in [1.54, 1.807) is 30.9 Å². The average Bonchev–Trinajstić information content (AvgIpc) is 2.63. The van der Waals surface area contributed by atoms with Gasteiger partial charge in [-0.2, -0.15) is 0 Å². The number of benzene rings is 2. The minimum Gasteiger partial charge on any atom is -0.497 e. The van der Waals surface area contributed by atoms with Crippen molar-refractivity contribution in [3.8, 4) is 11.5 Å². The maximum atomic E-state index is 12.4. The quantitative estimate of drug-likeness (QED) is 0.716. The van der Waals surface area contributed by atoms with Gasteiger partial charge in [0.1, 0.15) is 11.5 Å². The summed E-state index contributed by atoms with van der Waals surface area (Å²) in [6.45, 7) is 2.58. The maximum Gasteiger partial charge on any atom is 0.232 e. The second kappa shape index (κ2) is 9.37. The number of carbonyl (C=O) groups excluding carboxylic acids is 1. The number of amides is 1. The van der Waals surface area contributed by atoms with E-state index in [1.807, 2.05) is 25.2 Å². The minimum absolute atomic E-state index is 0.106. The molecule has 0 spiro atoms. The molecule has 0 heterocycles. The van der Waals surface area contributed by atoms with Crippen molar-refractivity contribution in [1.29, 1.82) is 0 Å². The third kappa shape index (κ3) is 5.71. The highest BCUT2D eigenvalue weighted by molar-refractivity contribution is 7.99. The molecule has 0 radical (unpaired) electrons. The van der Waals surface area contributed by atoms with Crippen molar-refractivity contribution in [3.05, 3.63) is 59.2 Å². The molecule has 0 atom stereocenters. The lowest BCUT2D eigenvalue weighted by Crippen LogP contribution is -2.28. The maximum absolute atomic E-state index is 12.4. The van der Waals surface area contributed by atoms with Crippen molar-refractivity contribution >= 4 is 17.7 Å². The Morgan fingerprint density at radius 2 is 1.80 bits per heavy atom. The summed E-state index contributed by atoms with van der Waals surface area (Å²) in [5.41, 5.74) is 3.45. The van der Waals surface area contributed by atoms with E-state index in [1.165, 1.54) is 11.1 Å². The van der Waals surface area contributed by atoms with Gasteiger partial charge in [-0.15, -0.1) is 11.8 Å². The number of hydrogen-bond donors (Lipinski definition) is 0. The fourth-order valence-electron chi connectivity index (χ4n) is 2.38. The van der Waals surface area contributed by atoms with E-state index in [-0.39, 0.29) is 5.91 Å². The van der Waals surface area contributed by atoms with Gasteiger partial charge >= 0.3 is 0 Å². The van der Waals surface area contributed by atoms with Crippen LogP contribution in [-0.2, 0) is 17.1 Å². The van der Waals surface area contributed by atoms with Gasteiger partial charge in [0.15, 0.2) is 0 Å². The van der Waals surface area contributed by atoms with Crippen molar-refractivity contribution in [2.75, 3.05) is 27.0 Å². The molecule has 0 saturated carbocycles. The zero-order valence-electron chi connectivity index (χ0n) is 15.2. The van der Waals surface area contributed by atoms with Crippen LogP contribution >= 0.6 is 11.8 Å². The Balaban J connectivity index is 1.86. The summed E-state index contributed by atoms with van der Waals surface area (Å²) in [4.78, 5) is 14.1. The molecule has 0 bridgehead atoms. The molecule has 2 rings (SSSR count). The second-order valence-electron chi connectivity index (χ2n) is 5.91. The van der Waals surface area contributed by atoms with Crippen molar-refractivity contribution in [2.24, 2.45) is 0 Å². The van der Waals surface area contributed by atoms with Crippen molar-refractivity contribution in [3.63, 3.8) is 0 Å². The number of nitrogens with zero attached hydrogens (tertiary/aromatic N) is 1. The lowest BCUT2D eigenvalue weighted by atomic mass is 10.2. The molecule has 134 valence electrons. The Labute approximate surface area is 154 Å². The number of carbonyl (C=O) groups is 1. The van der Waals surface area contributed by atoms with Gasteiger partial charge in [-0.1, -0.05) is 29.8 Å². The van der Waals surface area contributed by atoms with Crippen molar-refractivity contribution in [2.45, 2.75) is 19.2 Å². The minimum atomic E-state index is 0.106. The number of hydrogen-bond acceptors (Lipinski definition) is 4. The Morgan fingerprint density at radius 1 is 1.08 bits per heavy atom. The number of rotatable bonds is 8. The number of methoxy groups -OCH3 is 2. The summed E-state index contributed by atoms with van der Waals surface area (Å²) < 4.78 is 10.6. The van der Waals surface area contributed by atoms with Crippen LogP contribution in [0.4, 0.5) is 0 Å². The van der Waals surface area contributed by atoms with Gasteiger partial charge < -0.3 is 14.4 Å². The van der Waals surface area contributed by atoms with Crippen LogP contribution in [-0.4, -0.2) is 37.8 Å². The highest BCUT2D eigenvalue weighted by Gasteiger charge is 2.13. The first-order valence-corrected chi connectivity index (χ1v) is 9.27. The Hall–Kier alpha value is -2.14. The van der Waals surface area contributed by atoms with Gasteiger partial charge in [-0.05, 0) is 24.6 Å². The molecule has 25 heavy (non-hydrogen) atoms. The number of ether oxygens (including phenoxy) is 2. The molecular weight excluding hydrogens is 334 g/mol. The Kier molecular flexibility index (Phi) is 7.19. The molecule has 0 aliphatic rings. The zero-order chi connectivity index (χ0) is 18.2. The van der Waals surface area contributed by atoms with Crippen LogP contribution in [0.5, 0.6) is 11.5 Å². The van der Waals surface area contributed by atoms with Crippen LogP contribution in [0.15, 0.2) is 42.5 Å². The van der Waals surface area contributed by atoms with Crippen LogP contribution in [0.2, 0.25) is 0 Å². The highest BCUT2D eigenvalue weighted by Crippen LogP contribution is 2.25. The molecule has 2 aromatic carbocycles. The number of thioether (sulfide) groups is 1. The lowest BCUT2D eigenvalue weighted by molar-refractivity contribution is -0.127. The highest BCUT2D eigenvalue weighted by atomic mass is 32.2. The van der Waals surface area contributed by atoms with E-state index >= 15 is 0 Å². The molecule has 0 fully saturated rings.